The molecule has 4 rings (SSSR count). The predicted octanol–water partition coefficient (Wildman–Crippen LogP) is 2.44. The number of amides is 1. The van der Waals surface area contributed by atoms with E-state index >= 15 is 0 Å². The van der Waals surface area contributed by atoms with Crippen LogP contribution in [0.5, 0.6) is 0 Å². The van der Waals surface area contributed by atoms with Gasteiger partial charge in [0.25, 0.3) is 5.91 Å². The number of benzene rings is 1. The smallest absolute Gasteiger partial charge is 0.261 e. The van der Waals surface area contributed by atoms with Gasteiger partial charge in [0.2, 0.25) is 0 Å². The van der Waals surface area contributed by atoms with Crippen LogP contribution in [0, 0.1) is 6.92 Å². The van der Waals surface area contributed by atoms with Crippen LogP contribution in [0.25, 0.3) is 0 Å². The number of anilines is 1. The molecule has 1 unspecified atom stereocenters. The summed E-state index contributed by atoms with van der Waals surface area (Å²) in [4.78, 5) is 15.0. The Morgan fingerprint density at radius 2 is 2.26 bits per heavy atom. The third kappa shape index (κ3) is 2.36. The second-order valence-electron chi connectivity index (χ2n) is 6.44. The Morgan fingerprint density at radius 1 is 1.39 bits per heavy atom. The van der Waals surface area contributed by atoms with Crippen molar-refractivity contribution in [3.8, 4) is 0 Å². The van der Waals surface area contributed by atoms with Gasteiger partial charge in [-0.25, -0.2) is 0 Å². The fourth-order valence-corrected chi connectivity index (χ4v) is 3.69. The molecule has 1 aromatic carbocycles. The molecule has 2 aliphatic rings. The number of hydrogen-bond donors (Lipinski definition) is 0. The summed E-state index contributed by atoms with van der Waals surface area (Å²) < 4.78 is 7.22. The zero-order valence-corrected chi connectivity index (χ0v) is 13.6. The summed E-state index contributed by atoms with van der Waals surface area (Å²) in [5, 5.41) is 4.55. The molecule has 5 heteroatoms. The first-order valence-corrected chi connectivity index (χ1v) is 8.17. The highest BCUT2D eigenvalue weighted by Gasteiger charge is 2.32. The minimum absolute atomic E-state index is 0.0596. The van der Waals surface area contributed by atoms with Gasteiger partial charge in [-0.1, -0.05) is 12.1 Å². The predicted molar refractivity (Wildman–Crippen MR) is 87.9 cm³/mol. The Hall–Kier alpha value is -2.14. The molecule has 1 atom stereocenters. The third-order valence-electron chi connectivity index (χ3n) is 4.91. The average molecular weight is 311 g/mol. The number of carbonyl (C=O) groups is 1. The molecule has 0 aliphatic carbocycles. The van der Waals surface area contributed by atoms with Crippen molar-refractivity contribution in [2.45, 2.75) is 25.7 Å². The Labute approximate surface area is 135 Å². The second-order valence-corrected chi connectivity index (χ2v) is 6.44. The van der Waals surface area contributed by atoms with E-state index in [1.165, 1.54) is 11.1 Å². The van der Waals surface area contributed by atoms with E-state index in [0.717, 1.165) is 42.9 Å². The first-order chi connectivity index (χ1) is 11.1. The largest absolute Gasteiger partial charge is 0.381 e. The molecule has 1 fully saturated rings. The van der Waals surface area contributed by atoms with Crippen LogP contribution in [0.1, 0.15) is 39.5 Å². The minimum atomic E-state index is 0.0596. The fourth-order valence-electron chi connectivity index (χ4n) is 3.69. The van der Waals surface area contributed by atoms with Crippen molar-refractivity contribution in [1.29, 1.82) is 0 Å². The molecule has 5 nitrogen and oxygen atoms in total. The summed E-state index contributed by atoms with van der Waals surface area (Å²) in [7, 11) is 1.87. The summed E-state index contributed by atoms with van der Waals surface area (Å²) in [5.41, 5.74) is 5.20. The van der Waals surface area contributed by atoms with E-state index in [9.17, 15) is 4.79 Å². The molecule has 0 spiro atoms. The number of carbonyl (C=O) groups excluding carboxylic acids is 1. The van der Waals surface area contributed by atoms with Gasteiger partial charge in [0, 0.05) is 38.0 Å². The Balaban J connectivity index is 1.70. The zero-order valence-electron chi connectivity index (χ0n) is 13.6. The molecule has 120 valence electrons. The van der Waals surface area contributed by atoms with Gasteiger partial charge in [0.15, 0.2) is 0 Å². The van der Waals surface area contributed by atoms with Crippen molar-refractivity contribution >= 4 is 11.6 Å². The highest BCUT2D eigenvalue weighted by Crippen LogP contribution is 2.33. The summed E-state index contributed by atoms with van der Waals surface area (Å²) >= 11 is 0. The molecule has 2 aromatic rings. The maximum Gasteiger partial charge on any atom is 0.261 e. The van der Waals surface area contributed by atoms with Crippen molar-refractivity contribution in [2.75, 3.05) is 24.7 Å². The van der Waals surface area contributed by atoms with E-state index in [-0.39, 0.29) is 11.8 Å². The minimum Gasteiger partial charge on any atom is -0.381 e. The normalized spacial score (nSPS) is 20.1. The molecule has 1 amide bonds. The lowest BCUT2D eigenvalue weighted by Gasteiger charge is -2.18. The van der Waals surface area contributed by atoms with Crippen LogP contribution in [0.4, 0.5) is 5.69 Å². The number of aromatic nitrogens is 2. The van der Waals surface area contributed by atoms with E-state index in [4.69, 9.17) is 4.74 Å². The van der Waals surface area contributed by atoms with Crippen molar-refractivity contribution < 1.29 is 9.53 Å². The van der Waals surface area contributed by atoms with Gasteiger partial charge in [0.05, 0.1) is 17.9 Å². The molecule has 2 aliphatic heterocycles. The molecular formula is C18H21N3O2. The molecule has 0 saturated carbocycles. The van der Waals surface area contributed by atoms with Gasteiger partial charge >= 0.3 is 0 Å². The molecule has 1 saturated heterocycles. The van der Waals surface area contributed by atoms with E-state index in [0.29, 0.717) is 6.61 Å². The highest BCUT2D eigenvalue weighted by molar-refractivity contribution is 6.08. The van der Waals surface area contributed by atoms with Crippen LogP contribution in [0.3, 0.4) is 0 Å². The quantitative estimate of drug-likeness (QED) is 0.856. The summed E-state index contributed by atoms with van der Waals surface area (Å²) in [6, 6.07) is 6.18. The van der Waals surface area contributed by atoms with Crippen molar-refractivity contribution in [3.05, 3.63) is 46.8 Å². The SMILES string of the molecule is Cc1cccc2c1CCN2C(=O)c1cn(C)nc1C1CCOC1. The summed E-state index contributed by atoms with van der Waals surface area (Å²) in [6.07, 6.45) is 3.71. The Bertz CT molecular complexity index is 760. The number of ether oxygens (including phenoxy) is 1. The lowest BCUT2D eigenvalue weighted by atomic mass is 10.0. The van der Waals surface area contributed by atoms with Crippen LogP contribution in [0.2, 0.25) is 0 Å². The molecule has 0 bridgehead atoms. The Kier molecular flexibility index (Phi) is 3.45. The van der Waals surface area contributed by atoms with Crippen molar-refractivity contribution in [3.63, 3.8) is 0 Å². The van der Waals surface area contributed by atoms with E-state index in [1.807, 2.05) is 30.3 Å². The second kappa shape index (κ2) is 5.49. The van der Waals surface area contributed by atoms with Gasteiger partial charge in [-0.15, -0.1) is 0 Å². The maximum atomic E-state index is 13.1. The van der Waals surface area contributed by atoms with E-state index in [2.05, 4.69) is 18.1 Å². The number of fused-ring (bicyclic) bond motifs is 1. The molecule has 3 heterocycles. The first kappa shape index (κ1) is 14.5. The van der Waals surface area contributed by atoms with Gasteiger partial charge in [-0.05, 0) is 37.0 Å². The van der Waals surface area contributed by atoms with Crippen molar-refractivity contribution in [2.24, 2.45) is 7.05 Å². The van der Waals surface area contributed by atoms with E-state index in [1.54, 1.807) is 4.68 Å². The molecule has 23 heavy (non-hydrogen) atoms. The molecule has 0 radical (unpaired) electrons. The van der Waals surface area contributed by atoms with Crippen LogP contribution in [-0.2, 0) is 18.2 Å². The average Bonchev–Trinajstić information content (AvgIpc) is 3.25. The lowest BCUT2D eigenvalue weighted by molar-refractivity contribution is 0.0988. The van der Waals surface area contributed by atoms with Gasteiger partial charge < -0.3 is 9.64 Å². The van der Waals surface area contributed by atoms with E-state index < -0.39 is 0 Å². The van der Waals surface area contributed by atoms with Gasteiger partial charge in [-0.2, -0.15) is 5.10 Å². The third-order valence-corrected chi connectivity index (χ3v) is 4.91. The number of nitrogens with zero attached hydrogens (tertiary/aromatic N) is 3. The Morgan fingerprint density at radius 3 is 3.04 bits per heavy atom. The van der Waals surface area contributed by atoms with Crippen LogP contribution in [0.15, 0.2) is 24.4 Å². The number of hydrogen-bond acceptors (Lipinski definition) is 3. The molecular weight excluding hydrogens is 290 g/mol. The standard InChI is InChI=1S/C18H21N3O2/c1-12-4-3-5-16-14(12)6-8-21(16)18(22)15-10-20(2)19-17(15)13-7-9-23-11-13/h3-5,10,13H,6-9,11H2,1-2H3. The number of rotatable bonds is 2. The monoisotopic (exact) mass is 311 g/mol. The van der Waals surface area contributed by atoms with Gasteiger partial charge in [-0.3, -0.25) is 9.48 Å². The summed E-state index contributed by atoms with van der Waals surface area (Å²) in [6.45, 7) is 4.26. The lowest BCUT2D eigenvalue weighted by Crippen LogP contribution is -2.29. The van der Waals surface area contributed by atoms with Crippen molar-refractivity contribution in [1.82, 2.24) is 9.78 Å². The fraction of sp³-hybridized carbons (Fsp3) is 0.444. The first-order valence-electron chi connectivity index (χ1n) is 8.17. The topological polar surface area (TPSA) is 47.4 Å². The van der Waals surface area contributed by atoms with Gasteiger partial charge in [0.1, 0.15) is 0 Å². The molecule has 0 N–H and O–H groups in total. The zero-order chi connectivity index (χ0) is 16.0. The highest BCUT2D eigenvalue weighted by atomic mass is 16.5. The summed E-state index contributed by atoms with van der Waals surface area (Å²) in [5.74, 6) is 0.291. The number of aryl methyl sites for hydroxylation is 2. The van der Waals surface area contributed by atoms with Crippen LogP contribution < -0.4 is 4.90 Å². The molecule has 1 aromatic heterocycles. The van der Waals surface area contributed by atoms with Crippen LogP contribution >= 0.6 is 0 Å². The van der Waals surface area contributed by atoms with Crippen LogP contribution in [-0.4, -0.2) is 35.4 Å². The maximum absolute atomic E-state index is 13.1.